The summed E-state index contributed by atoms with van der Waals surface area (Å²) in [6.45, 7) is 3.04. The Bertz CT molecular complexity index is 1300. The summed E-state index contributed by atoms with van der Waals surface area (Å²) >= 11 is 0. The number of hydrogen-bond acceptors (Lipinski definition) is 4. The first-order valence-electron chi connectivity index (χ1n) is 12.5. The average molecular weight is 481 g/mol. The fraction of sp³-hybridized carbons (Fsp3) is 0.258. The van der Waals surface area contributed by atoms with Crippen molar-refractivity contribution in [2.45, 2.75) is 32.1 Å². The van der Waals surface area contributed by atoms with E-state index in [9.17, 15) is 4.79 Å². The van der Waals surface area contributed by atoms with Gasteiger partial charge in [-0.25, -0.2) is 0 Å². The van der Waals surface area contributed by atoms with Crippen molar-refractivity contribution in [3.8, 4) is 5.75 Å². The van der Waals surface area contributed by atoms with Gasteiger partial charge in [-0.1, -0.05) is 48.5 Å². The van der Waals surface area contributed by atoms with Crippen LogP contribution in [0, 0.1) is 0 Å². The maximum atomic E-state index is 12.4. The zero-order valence-corrected chi connectivity index (χ0v) is 20.7. The normalized spacial score (nSPS) is 15.6. The number of hydrogen-bond donors (Lipinski definition) is 1. The van der Waals surface area contributed by atoms with Crippen LogP contribution in [0.2, 0.25) is 0 Å². The molecule has 1 aliphatic heterocycles. The Morgan fingerprint density at radius 2 is 1.67 bits per heavy atom. The van der Waals surface area contributed by atoms with Crippen LogP contribution in [0.3, 0.4) is 0 Å². The molecule has 1 saturated heterocycles. The van der Waals surface area contributed by atoms with Crippen molar-refractivity contribution in [3.63, 3.8) is 0 Å². The molecule has 0 spiro atoms. The number of nitrogens with one attached hydrogen (secondary N) is 1. The van der Waals surface area contributed by atoms with E-state index in [1.807, 2.05) is 0 Å². The minimum atomic E-state index is -0.0934. The molecule has 0 aromatic heterocycles. The average Bonchev–Trinajstić information content (AvgIpc) is 2.95. The highest BCUT2D eigenvalue weighted by Crippen LogP contribution is 2.23. The van der Waals surface area contributed by atoms with Gasteiger partial charge >= 0.3 is 0 Å². The third-order valence-corrected chi connectivity index (χ3v) is 6.78. The highest BCUT2D eigenvalue weighted by Gasteiger charge is 2.21. The smallest absolute Gasteiger partial charge is 0.251 e. The van der Waals surface area contributed by atoms with Crippen LogP contribution in [0.4, 0.5) is 5.69 Å². The molecule has 4 aromatic rings. The molecule has 4 aromatic carbocycles. The van der Waals surface area contributed by atoms with Crippen molar-refractivity contribution in [1.82, 2.24) is 5.32 Å². The number of ether oxygens (including phenoxy) is 2. The van der Waals surface area contributed by atoms with Gasteiger partial charge in [-0.3, -0.25) is 4.79 Å². The monoisotopic (exact) mass is 480 g/mol. The Morgan fingerprint density at radius 3 is 2.44 bits per heavy atom. The molecule has 1 amide bonds. The predicted molar refractivity (Wildman–Crippen MR) is 145 cm³/mol. The van der Waals surface area contributed by atoms with Gasteiger partial charge in [0, 0.05) is 30.9 Å². The Kier molecular flexibility index (Phi) is 7.48. The number of carbonyl (C=O) groups is 1. The number of amides is 1. The SMILES string of the molecule is COc1ccc(C(=O)NCc2ccc(N3CCCC(OCc4ccc5ccccc5c4)C3)cc2)cc1. The lowest BCUT2D eigenvalue weighted by molar-refractivity contribution is 0.0316. The first-order chi connectivity index (χ1) is 17.7. The Morgan fingerprint density at radius 1 is 0.917 bits per heavy atom. The number of methoxy groups -OCH3 is 1. The van der Waals surface area contributed by atoms with E-state index in [0.717, 1.165) is 37.2 Å². The largest absolute Gasteiger partial charge is 0.497 e. The summed E-state index contributed by atoms with van der Waals surface area (Å²) in [5.41, 5.74) is 4.10. The summed E-state index contributed by atoms with van der Waals surface area (Å²) in [6.07, 6.45) is 2.41. The minimum absolute atomic E-state index is 0.0934. The van der Waals surface area contributed by atoms with Crippen molar-refractivity contribution in [1.29, 1.82) is 0 Å². The Hall–Kier alpha value is -3.83. The Balaban J connectivity index is 1.12. The molecule has 5 heteroatoms. The van der Waals surface area contributed by atoms with Gasteiger partial charge in [-0.05, 0) is 77.2 Å². The van der Waals surface area contributed by atoms with Crippen LogP contribution in [0.15, 0.2) is 91.0 Å². The van der Waals surface area contributed by atoms with Crippen molar-refractivity contribution in [2.75, 3.05) is 25.1 Å². The molecule has 36 heavy (non-hydrogen) atoms. The topological polar surface area (TPSA) is 50.8 Å². The Labute approximate surface area is 212 Å². The second-order valence-electron chi connectivity index (χ2n) is 9.28. The molecular weight excluding hydrogens is 448 g/mol. The van der Waals surface area contributed by atoms with E-state index in [2.05, 4.69) is 76.9 Å². The lowest BCUT2D eigenvalue weighted by atomic mass is 10.1. The number of fused-ring (bicyclic) bond motifs is 1. The number of rotatable bonds is 8. The van der Waals surface area contributed by atoms with Gasteiger partial charge in [0.15, 0.2) is 0 Å². The predicted octanol–water partition coefficient (Wildman–Crippen LogP) is 5.96. The summed E-state index contributed by atoms with van der Waals surface area (Å²) in [6, 6.07) is 30.6. The lowest BCUT2D eigenvalue weighted by Gasteiger charge is -2.34. The standard InChI is InChI=1S/C31H32N2O3/c1-35-29-16-12-26(13-17-29)31(34)32-20-23-9-14-28(15-10-23)33-18-4-7-30(21-33)36-22-24-8-11-25-5-2-3-6-27(25)19-24/h2-3,5-6,8-17,19,30H,4,7,18,20-22H2,1H3,(H,32,34). The zero-order valence-electron chi connectivity index (χ0n) is 20.7. The molecule has 0 saturated carbocycles. The molecule has 1 atom stereocenters. The van der Waals surface area contributed by atoms with Gasteiger partial charge in [-0.2, -0.15) is 0 Å². The minimum Gasteiger partial charge on any atom is -0.497 e. The molecule has 1 N–H and O–H groups in total. The molecule has 1 unspecified atom stereocenters. The van der Waals surface area contributed by atoms with Crippen LogP contribution in [0.25, 0.3) is 10.8 Å². The van der Waals surface area contributed by atoms with E-state index < -0.39 is 0 Å². The second-order valence-corrected chi connectivity index (χ2v) is 9.28. The molecule has 0 aliphatic carbocycles. The van der Waals surface area contributed by atoms with Gasteiger partial charge in [0.05, 0.1) is 19.8 Å². The number of anilines is 1. The van der Waals surface area contributed by atoms with Gasteiger partial charge < -0.3 is 19.7 Å². The highest BCUT2D eigenvalue weighted by molar-refractivity contribution is 5.94. The summed E-state index contributed by atoms with van der Waals surface area (Å²) in [5.74, 6) is 0.644. The van der Waals surface area contributed by atoms with Crippen molar-refractivity contribution in [3.05, 3.63) is 108 Å². The molecule has 1 fully saturated rings. The summed E-state index contributed by atoms with van der Waals surface area (Å²) < 4.78 is 11.5. The molecule has 0 bridgehead atoms. The van der Waals surface area contributed by atoms with Crippen LogP contribution in [0.5, 0.6) is 5.75 Å². The van der Waals surface area contributed by atoms with Crippen molar-refractivity contribution >= 4 is 22.4 Å². The summed E-state index contributed by atoms with van der Waals surface area (Å²) in [7, 11) is 1.61. The fourth-order valence-corrected chi connectivity index (χ4v) is 4.70. The van der Waals surface area contributed by atoms with E-state index in [1.165, 1.54) is 22.0 Å². The van der Waals surface area contributed by atoms with E-state index in [4.69, 9.17) is 9.47 Å². The molecule has 0 radical (unpaired) electrons. The first kappa shape index (κ1) is 23.9. The lowest BCUT2D eigenvalue weighted by Crippen LogP contribution is -2.39. The first-order valence-corrected chi connectivity index (χ1v) is 12.5. The van der Waals surface area contributed by atoms with Crippen LogP contribution >= 0.6 is 0 Å². The van der Waals surface area contributed by atoms with Gasteiger partial charge in [-0.15, -0.1) is 0 Å². The van der Waals surface area contributed by atoms with E-state index >= 15 is 0 Å². The maximum absolute atomic E-state index is 12.4. The van der Waals surface area contributed by atoms with Crippen LogP contribution in [-0.4, -0.2) is 32.2 Å². The second kappa shape index (κ2) is 11.3. The quantitative estimate of drug-likeness (QED) is 0.338. The third-order valence-electron chi connectivity index (χ3n) is 6.78. The molecule has 5 nitrogen and oxygen atoms in total. The third kappa shape index (κ3) is 5.86. The maximum Gasteiger partial charge on any atom is 0.251 e. The molecular formula is C31H32N2O3. The van der Waals surface area contributed by atoms with Crippen molar-refractivity contribution < 1.29 is 14.3 Å². The molecule has 5 rings (SSSR count). The van der Waals surface area contributed by atoms with Crippen LogP contribution < -0.4 is 15.0 Å². The number of benzene rings is 4. The number of carbonyl (C=O) groups excluding carboxylic acids is 1. The van der Waals surface area contributed by atoms with Gasteiger partial charge in [0.1, 0.15) is 5.75 Å². The zero-order chi connectivity index (χ0) is 24.7. The highest BCUT2D eigenvalue weighted by atomic mass is 16.5. The van der Waals surface area contributed by atoms with E-state index in [1.54, 1.807) is 31.4 Å². The number of piperidine rings is 1. The van der Waals surface area contributed by atoms with E-state index in [-0.39, 0.29) is 12.0 Å². The molecule has 1 aliphatic rings. The molecule has 184 valence electrons. The van der Waals surface area contributed by atoms with Crippen LogP contribution in [0.1, 0.15) is 34.3 Å². The van der Waals surface area contributed by atoms with Crippen LogP contribution in [-0.2, 0) is 17.9 Å². The van der Waals surface area contributed by atoms with E-state index in [0.29, 0.717) is 18.7 Å². The van der Waals surface area contributed by atoms with Gasteiger partial charge in [0.25, 0.3) is 5.91 Å². The fourth-order valence-electron chi connectivity index (χ4n) is 4.70. The number of nitrogens with zero attached hydrogens (tertiary/aromatic N) is 1. The summed E-state index contributed by atoms with van der Waals surface area (Å²) in [4.78, 5) is 14.8. The van der Waals surface area contributed by atoms with Gasteiger partial charge in [0.2, 0.25) is 0 Å². The summed E-state index contributed by atoms with van der Waals surface area (Å²) in [5, 5.41) is 5.50. The van der Waals surface area contributed by atoms with Crippen molar-refractivity contribution in [2.24, 2.45) is 0 Å². The molecule has 1 heterocycles.